The molecule has 0 spiro atoms. The van der Waals surface area contributed by atoms with Crippen molar-refractivity contribution >= 4 is 29.1 Å². The minimum Gasteiger partial charge on any atom is -0.481 e. The summed E-state index contributed by atoms with van der Waals surface area (Å²) in [4.78, 5) is 45.1. The van der Waals surface area contributed by atoms with Crippen molar-refractivity contribution < 1.29 is 19.5 Å². The van der Waals surface area contributed by atoms with E-state index in [1.807, 2.05) is 13.8 Å². The second-order valence-electron chi connectivity index (χ2n) is 6.50. The number of carbonyl (C=O) groups excluding carboxylic acids is 2. The van der Waals surface area contributed by atoms with Crippen molar-refractivity contribution in [3.8, 4) is 0 Å². The Morgan fingerprint density at radius 3 is 2.75 bits per heavy atom. The van der Waals surface area contributed by atoms with E-state index in [4.69, 9.17) is 0 Å². The smallest absolute Gasteiger partial charge is 0.314 e. The Bertz CT molecular complexity index is 689. The Morgan fingerprint density at radius 1 is 1.46 bits per heavy atom. The first-order chi connectivity index (χ1) is 11.4. The molecule has 8 heteroatoms. The van der Waals surface area contributed by atoms with Crippen LogP contribution >= 0.6 is 11.3 Å². The van der Waals surface area contributed by atoms with Crippen LogP contribution in [0.25, 0.3) is 0 Å². The van der Waals surface area contributed by atoms with Gasteiger partial charge >= 0.3 is 5.97 Å². The van der Waals surface area contributed by atoms with Crippen molar-refractivity contribution in [1.29, 1.82) is 0 Å². The number of hydrogen-bond donors (Lipinski definition) is 1. The van der Waals surface area contributed by atoms with E-state index in [2.05, 4.69) is 4.98 Å². The molecule has 3 heterocycles. The van der Waals surface area contributed by atoms with Crippen LogP contribution in [0, 0.1) is 18.3 Å². The Balaban J connectivity index is 1.69. The highest BCUT2D eigenvalue weighted by Gasteiger charge is 2.62. The first kappa shape index (κ1) is 16.9. The largest absolute Gasteiger partial charge is 0.481 e. The lowest BCUT2D eigenvalue weighted by Crippen LogP contribution is -2.42. The first-order valence-corrected chi connectivity index (χ1v) is 8.96. The van der Waals surface area contributed by atoms with Crippen LogP contribution < -0.4 is 0 Å². The van der Waals surface area contributed by atoms with Crippen LogP contribution in [0.1, 0.15) is 23.9 Å². The van der Waals surface area contributed by atoms with E-state index in [0.717, 1.165) is 10.6 Å². The fourth-order valence-electron chi connectivity index (χ4n) is 3.71. The maximum Gasteiger partial charge on any atom is 0.314 e. The quantitative estimate of drug-likeness (QED) is 0.846. The number of aromatic nitrogens is 1. The number of nitrogens with zero attached hydrogens (tertiary/aromatic N) is 3. The molecule has 1 aromatic rings. The summed E-state index contributed by atoms with van der Waals surface area (Å²) in [6.45, 7) is 4.78. The molecule has 2 atom stereocenters. The Kier molecular flexibility index (Phi) is 4.33. The highest BCUT2D eigenvalue weighted by atomic mass is 32.1. The molecule has 2 aliphatic rings. The standard InChI is InChI=1S/C16H21N3O4S/c1-3-18-7-16(15(22)23)8-19(6-11(16)14(18)21)13(20)5-4-12-10(2)17-9-24-12/h9,11H,3-8H2,1-2H3,(H,22,23)/t11-,16+/m1/s1. The molecule has 0 saturated carbocycles. The van der Waals surface area contributed by atoms with Crippen LogP contribution in [0.5, 0.6) is 0 Å². The first-order valence-electron chi connectivity index (χ1n) is 8.08. The van der Waals surface area contributed by atoms with Crippen LogP contribution in [-0.2, 0) is 20.8 Å². The number of carboxylic acids is 1. The molecule has 0 aliphatic carbocycles. The van der Waals surface area contributed by atoms with Crippen molar-refractivity contribution in [2.75, 3.05) is 26.2 Å². The molecule has 0 aromatic carbocycles. The van der Waals surface area contributed by atoms with E-state index in [1.165, 1.54) is 11.3 Å². The fraction of sp³-hybridized carbons (Fsp3) is 0.625. The molecule has 7 nitrogen and oxygen atoms in total. The Labute approximate surface area is 144 Å². The minimum absolute atomic E-state index is 0.0892. The van der Waals surface area contributed by atoms with Gasteiger partial charge in [-0.3, -0.25) is 14.4 Å². The predicted octanol–water partition coefficient (Wildman–Crippen LogP) is 0.776. The molecule has 2 saturated heterocycles. The highest BCUT2D eigenvalue weighted by molar-refractivity contribution is 7.09. The van der Waals surface area contributed by atoms with Crippen LogP contribution in [0.15, 0.2) is 5.51 Å². The molecule has 2 amide bonds. The lowest BCUT2D eigenvalue weighted by molar-refractivity contribution is -0.150. The molecule has 0 radical (unpaired) electrons. The molecule has 130 valence electrons. The van der Waals surface area contributed by atoms with Crippen LogP contribution in [0.3, 0.4) is 0 Å². The van der Waals surface area contributed by atoms with E-state index in [0.29, 0.717) is 19.4 Å². The van der Waals surface area contributed by atoms with Crippen LogP contribution in [0.4, 0.5) is 0 Å². The average molecular weight is 351 g/mol. The second-order valence-corrected chi connectivity index (χ2v) is 7.44. The summed E-state index contributed by atoms with van der Waals surface area (Å²) < 4.78 is 0. The number of likely N-dealkylation sites (tertiary alicyclic amines) is 2. The van der Waals surface area contributed by atoms with Gasteiger partial charge in [0.2, 0.25) is 11.8 Å². The molecule has 3 rings (SSSR count). The number of aryl methyl sites for hydroxylation is 2. The third-order valence-electron chi connectivity index (χ3n) is 5.20. The summed E-state index contributed by atoms with van der Waals surface area (Å²) >= 11 is 1.52. The number of carboxylic acid groups (broad SMARTS) is 1. The van der Waals surface area contributed by atoms with Crippen molar-refractivity contribution in [2.45, 2.75) is 26.7 Å². The molecule has 2 fully saturated rings. The molecule has 24 heavy (non-hydrogen) atoms. The van der Waals surface area contributed by atoms with E-state index in [9.17, 15) is 19.5 Å². The minimum atomic E-state index is -1.15. The zero-order valence-corrected chi connectivity index (χ0v) is 14.6. The molecule has 0 unspecified atom stereocenters. The number of thiazole rings is 1. The second kappa shape index (κ2) is 6.16. The lowest BCUT2D eigenvalue weighted by atomic mass is 9.81. The fourth-order valence-corrected chi connectivity index (χ4v) is 4.49. The maximum absolute atomic E-state index is 12.5. The lowest BCUT2D eigenvalue weighted by Gasteiger charge is -2.24. The van der Waals surface area contributed by atoms with Gasteiger partial charge in [-0.25, -0.2) is 4.98 Å². The Morgan fingerprint density at radius 2 is 2.21 bits per heavy atom. The average Bonchev–Trinajstić information content (AvgIpc) is 3.20. The summed E-state index contributed by atoms with van der Waals surface area (Å²) in [6.07, 6.45) is 0.919. The number of carbonyl (C=O) groups is 3. The monoisotopic (exact) mass is 351 g/mol. The zero-order valence-electron chi connectivity index (χ0n) is 13.8. The van der Waals surface area contributed by atoms with E-state index in [1.54, 1.807) is 15.3 Å². The van der Waals surface area contributed by atoms with Gasteiger partial charge in [0.15, 0.2) is 0 Å². The van der Waals surface area contributed by atoms with E-state index >= 15 is 0 Å². The van der Waals surface area contributed by atoms with Gasteiger partial charge < -0.3 is 14.9 Å². The topological polar surface area (TPSA) is 90.8 Å². The summed E-state index contributed by atoms with van der Waals surface area (Å²) in [5.74, 6) is -1.84. The van der Waals surface area contributed by atoms with Gasteiger partial charge in [0.25, 0.3) is 0 Å². The molecule has 1 N–H and O–H groups in total. The van der Waals surface area contributed by atoms with Gasteiger partial charge in [-0.05, 0) is 20.3 Å². The van der Waals surface area contributed by atoms with Gasteiger partial charge in [-0.2, -0.15) is 0 Å². The summed E-state index contributed by atoms with van der Waals surface area (Å²) in [7, 11) is 0. The van der Waals surface area contributed by atoms with Gasteiger partial charge in [0.1, 0.15) is 5.41 Å². The number of rotatable bonds is 5. The SMILES string of the molecule is CCN1C[C@]2(C(=O)O)CN(C(=O)CCc3scnc3C)C[C@@H]2C1=O. The third kappa shape index (κ3) is 2.58. The molecule has 0 bridgehead atoms. The molecular formula is C16H21N3O4S. The Hall–Kier alpha value is -1.96. The van der Waals surface area contributed by atoms with E-state index < -0.39 is 17.3 Å². The van der Waals surface area contributed by atoms with Crippen LogP contribution in [-0.4, -0.2) is 63.9 Å². The molecule has 1 aromatic heterocycles. The van der Waals surface area contributed by atoms with Gasteiger partial charge in [0.05, 0.1) is 17.1 Å². The van der Waals surface area contributed by atoms with Crippen molar-refractivity contribution in [1.82, 2.24) is 14.8 Å². The van der Waals surface area contributed by atoms with Gasteiger partial charge in [-0.15, -0.1) is 11.3 Å². The summed E-state index contributed by atoms with van der Waals surface area (Å²) in [5, 5.41) is 9.70. The van der Waals surface area contributed by atoms with Crippen molar-refractivity contribution in [3.05, 3.63) is 16.1 Å². The molecule has 2 aliphatic heterocycles. The highest BCUT2D eigenvalue weighted by Crippen LogP contribution is 2.43. The number of amides is 2. The molecular weight excluding hydrogens is 330 g/mol. The third-order valence-corrected chi connectivity index (χ3v) is 6.19. The predicted molar refractivity (Wildman–Crippen MR) is 87.6 cm³/mol. The summed E-state index contributed by atoms with van der Waals surface area (Å²) in [5.41, 5.74) is 1.54. The van der Waals surface area contributed by atoms with Gasteiger partial charge in [0, 0.05) is 37.5 Å². The number of fused-ring (bicyclic) bond motifs is 1. The summed E-state index contributed by atoms with van der Waals surface area (Å²) in [6, 6.07) is 0. The number of aliphatic carboxylic acids is 1. The van der Waals surface area contributed by atoms with Crippen LogP contribution in [0.2, 0.25) is 0 Å². The van der Waals surface area contributed by atoms with E-state index in [-0.39, 0.29) is 31.4 Å². The normalized spacial score (nSPS) is 26.1. The zero-order chi connectivity index (χ0) is 17.5. The maximum atomic E-state index is 12.5. The van der Waals surface area contributed by atoms with Crippen molar-refractivity contribution in [3.63, 3.8) is 0 Å². The van der Waals surface area contributed by atoms with Gasteiger partial charge in [-0.1, -0.05) is 0 Å². The number of hydrogen-bond acceptors (Lipinski definition) is 5. The van der Waals surface area contributed by atoms with Crippen molar-refractivity contribution in [2.24, 2.45) is 11.3 Å².